The molecular weight excluding hydrogens is 324 g/mol. The average Bonchev–Trinajstić information content (AvgIpc) is 2.54. The van der Waals surface area contributed by atoms with E-state index in [1.54, 1.807) is 0 Å². The van der Waals surface area contributed by atoms with Gasteiger partial charge in [-0.3, -0.25) is 14.9 Å². The summed E-state index contributed by atoms with van der Waals surface area (Å²) in [7, 11) is 0. The van der Waals surface area contributed by atoms with Crippen LogP contribution in [-0.2, 0) is 9.53 Å². The number of nitrogens with zero attached hydrogens (tertiary/aromatic N) is 1. The molecule has 0 saturated carbocycles. The van der Waals surface area contributed by atoms with Gasteiger partial charge in [0.2, 0.25) is 12.2 Å². The first kappa shape index (κ1) is 18.1. The molecule has 10 nitrogen and oxygen atoms in total. The fourth-order valence-corrected chi connectivity index (χ4v) is 2.38. The number of benzene rings is 1. The van der Waals surface area contributed by atoms with Crippen LogP contribution in [0.2, 0.25) is 0 Å². The van der Waals surface area contributed by atoms with Crippen molar-refractivity contribution in [1.82, 2.24) is 5.32 Å². The molecule has 24 heavy (non-hydrogen) atoms. The van der Waals surface area contributed by atoms with Gasteiger partial charge in [-0.25, -0.2) is 0 Å². The average molecular weight is 342 g/mol. The minimum atomic E-state index is -1.46. The van der Waals surface area contributed by atoms with E-state index in [0.29, 0.717) is 0 Å². The van der Waals surface area contributed by atoms with Crippen molar-refractivity contribution in [3.63, 3.8) is 0 Å². The number of nitro benzene ring substituents is 1. The third-order valence-electron chi connectivity index (χ3n) is 3.53. The summed E-state index contributed by atoms with van der Waals surface area (Å²) in [4.78, 5) is 21.5. The molecule has 1 aliphatic heterocycles. The van der Waals surface area contributed by atoms with Crippen molar-refractivity contribution in [1.29, 1.82) is 0 Å². The number of nitrogens with one attached hydrogen (secondary N) is 1. The predicted molar refractivity (Wildman–Crippen MR) is 79.1 cm³/mol. The lowest BCUT2D eigenvalue weighted by molar-refractivity contribution is -0.385. The molecule has 4 N–H and O–H groups in total. The maximum atomic E-state index is 11.3. The van der Waals surface area contributed by atoms with Crippen molar-refractivity contribution >= 4 is 11.6 Å². The van der Waals surface area contributed by atoms with Gasteiger partial charge in [0.05, 0.1) is 17.6 Å². The molecule has 0 spiro atoms. The van der Waals surface area contributed by atoms with Gasteiger partial charge >= 0.3 is 0 Å². The second-order valence-electron chi connectivity index (χ2n) is 5.31. The molecule has 1 amide bonds. The molecule has 0 aliphatic carbocycles. The first-order chi connectivity index (χ1) is 11.3. The topological polar surface area (TPSA) is 151 Å². The number of ether oxygens (including phenoxy) is 2. The van der Waals surface area contributed by atoms with Gasteiger partial charge in [-0.05, 0) is 6.07 Å². The molecule has 132 valence electrons. The summed E-state index contributed by atoms with van der Waals surface area (Å²) in [6, 6.07) is 4.14. The highest BCUT2D eigenvalue weighted by atomic mass is 16.7. The number of amides is 1. The number of aliphatic hydroxyl groups excluding tert-OH is 3. The smallest absolute Gasteiger partial charge is 0.273 e. The fraction of sp³-hybridized carbons (Fsp3) is 0.500. The molecule has 0 radical (unpaired) electrons. The lowest BCUT2D eigenvalue weighted by Gasteiger charge is -2.42. The standard InChI is InChI=1S/C14H18N2O8/c1-7(18)15-11-13(20)12(19)10(6-17)24-14(11)23-9-4-2-3-8(5-9)16(21)22/h2-5,10-14,17,19-20H,6H2,1H3,(H,15,18)/t10-,11+,12-,13-,14-/m1/s1. The minimum Gasteiger partial charge on any atom is -0.462 e. The monoisotopic (exact) mass is 342 g/mol. The van der Waals surface area contributed by atoms with Crippen molar-refractivity contribution in [2.75, 3.05) is 6.61 Å². The predicted octanol–water partition coefficient (Wildman–Crippen LogP) is -1.08. The highest BCUT2D eigenvalue weighted by molar-refractivity contribution is 5.73. The SMILES string of the molecule is CC(=O)N[C@@H]1[C@H](Oc2cccc([N+](=O)[O-])c2)O[C@H](CO)[C@@H](O)[C@@H]1O. The third-order valence-corrected chi connectivity index (χ3v) is 3.53. The van der Waals surface area contributed by atoms with Crippen LogP contribution in [0, 0.1) is 10.1 Å². The molecule has 1 aromatic rings. The number of hydrogen-bond acceptors (Lipinski definition) is 8. The van der Waals surface area contributed by atoms with Gasteiger partial charge in [0.25, 0.3) is 5.69 Å². The summed E-state index contributed by atoms with van der Waals surface area (Å²) >= 11 is 0. The Bertz CT molecular complexity index is 610. The summed E-state index contributed by atoms with van der Waals surface area (Å²) in [6.07, 6.45) is -5.28. The van der Waals surface area contributed by atoms with E-state index in [4.69, 9.17) is 9.47 Å². The number of hydrogen-bond donors (Lipinski definition) is 4. The Balaban J connectivity index is 2.24. The van der Waals surface area contributed by atoms with Gasteiger partial charge in [0, 0.05) is 13.0 Å². The zero-order valence-electron chi connectivity index (χ0n) is 12.7. The largest absolute Gasteiger partial charge is 0.462 e. The van der Waals surface area contributed by atoms with Gasteiger partial charge in [-0.15, -0.1) is 0 Å². The Kier molecular flexibility index (Phi) is 5.67. The molecule has 10 heteroatoms. The summed E-state index contributed by atoms with van der Waals surface area (Å²) in [5.74, 6) is -0.422. The Morgan fingerprint density at radius 1 is 1.42 bits per heavy atom. The van der Waals surface area contributed by atoms with E-state index >= 15 is 0 Å². The normalized spacial score (nSPS) is 29.8. The first-order valence-corrected chi connectivity index (χ1v) is 7.14. The van der Waals surface area contributed by atoms with Gasteiger partial charge < -0.3 is 30.1 Å². The van der Waals surface area contributed by atoms with Crippen LogP contribution in [0.3, 0.4) is 0 Å². The van der Waals surface area contributed by atoms with Crippen molar-refractivity contribution in [2.24, 2.45) is 0 Å². The zero-order valence-corrected chi connectivity index (χ0v) is 12.7. The summed E-state index contributed by atoms with van der Waals surface area (Å²) < 4.78 is 10.9. The zero-order chi connectivity index (χ0) is 17.9. The van der Waals surface area contributed by atoms with Crippen LogP contribution in [-0.4, -0.2) is 63.4 Å². The molecule has 1 fully saturated rings. The molecule has 1 saturated heterocycles. The van der Waals surface area contributed by atoms with Crippen LogP contribution in [0.1, 0.15) is 6.92 Å². The Morgan fingerprint density at radius 2 is 2.12 bits per heavy atom. The van der Waals surface area contributed by atoms with E-state index in [9.17, 15) is 30.2 Å². The molecule has 1 heterocycles. The molecule has 5 atom stereocenters. The maximum absolute atomic E-state index is 11.3. The van der Waals surface area contributed by atoms with E-state index in [1.165, 1.54) is 25.1 Å². The van der Waals surface area contributed by atoms with E-state index < -0.39 is 48.1 Å². The third kappa shape index (κ3) is 3.97. The van der Waals surface area contributed by atoms with Crippen molar-refractivity contribution in [3.05, 3.63) is 34.4 Å². The Hall–Kier alpha value is -2.27. The van der Waals surface area contributed by atoms with Crippen LogP contribution >= 0.6 is 0 Å². The van der Waals surface area contributed by atoms with E-state index in [0.717, 1.165) is 6.07 Å². The molecule has 1 aromatic carbocycles. The van der Waals surface area contributed by atoms with Crippen LogP contribution in [0.25, 0.3) is 0 Å². The van der Waals surface area contributed by atoms with Gasteiger partial charge in [-0.2, -0.15) is 0 Å². The molecule has 2 rings (SSSR count). The van der Waals surface area contributed by atoms with Gasteiger partial charge in [0.15, 0.2) is 0 Å². The summed E-state index contributed by atoms with van der Waals surface area (Å²) in [5, 5.41) is 42.4. The second-order valence-corrected chi connectivity index (χ2v) is 5.31. The quantitative estimate of drug-likeness (QED) is 0.389. The molecule has 0 aromatic heterocycles. The van der Waals surface area contributed by atoms with Crippen LogP contribution < -0.4 is 10.1 Å². The van der Waals surface area contributed by atoms with Crippen LogP contribution in [0.15, 0.2) is 24.3 Å². The Morgan fingerprint density at radius 3 is 2.71 bits per heavy atom. The van der Waals surface area contributed by atoms with Crippen LogP contribution in [0.5, 0.6) is 5.75 Å². The van der Waals surface area contributed by atoms with E-state index in [-0.39, 0.29) is 11.4 Å². The second kappa shape index (κ2) is 7.53. The van der Waals surface area contributed by atoms with Crippen molar-refractivity contribution in [2.45, 2.75) is 37.6 Å². The maximum Gasteiger partial charge on any atom is 0.273 e. The number of carbonyl (C=O) groups is 1. The summed E-state index contributed by atoms with van der Waals surface area (Å²) in [5.41, 5.74) is -0.210. The number of aliphatic hydroxyl groups is 3. The highest BCUT2D eigenvalue weighted by Crippen LogP contribution is 2.26. The number of carbonyl (C=O) groups excluding carboxylic acids is 1. The lowest BCUT2D eigenvalue weighted by Crippen LogP contribution is -2.65. The van der Waals surface area contributed by atoms with E-state index in [2.05, 4.69) is 5.32 Å². The molecular formula is C14H18N2O8. The first-order valence-electron chi connectivity index (χ1n) is 7.14. The number of rotatable bonds is 5. The minimum absolute atomic E-state index is 0.0739. The van der Waals surface area contributed by atoms with Crippen LogP contribution in [0.4, 0.5) is 5.69 Å². The fourth-order valence-electron chi connectivity index (χ4n) is 2.38. The van der Waals surface area contributed by atoms with Gasteiger partial charge in [-0.1, -0.05) is 6.07 Å². The molecule has 1 aliphatic rings. The van der Waals surface area contributed by atoms with E-state index in [1.807, 2.05) is 0 Å². The highest BCUT2D eigenvalue weighted by Gasteiger charge is 2.46. The van der Waals surface area contributed by atoms with Crippen molar-refractivity contribution in [3.8, 4) is 5.75 Å². The molecule has 0 bridgehead atoms. The molecule has 0 unspecified atom stereocenters. The Labute approximate surface area is 136 Å². The summed E-state index contributed by atoms with van der Waals surface area (Å²) in [6.45, 7) is 0.626. The number of nitro groups is 1. The van der Waals surface area contributed by atoms with Gasteiger partial charge in [0.1, 0.15) is 30.1 Å². The lowest BCUT2D eigenvalue weighted by atomic mass is 9.97. The van der Waals surface area contributed by atoms with Crippen molar-refractivity contribution < 1.29 is 34.5 Å². The number of non-ortho nitro benzene ring substituents is 1.